The van der Waals surface area contributed by atoms with Crippen molar-refractivity contribution < 1.29 is 14.3 Å². The van der Waals surface area contributed by atoms with Crippen LogP contribution in [-0.2, 0) is 14.3 Å². The maximum absolute atomic E-state index is 12.1. The summed E-state index contributed by atoms with van der Waals surface area (Å²) in [4.78, 5) is 12.1. The van der Waals surface area contributed by atoms with Gasteiger partial charge in [0.2, 0.25) is 0 Å². The number of esters is 1. The summed E-state index contributed by atoms with van der Waals surface area (Å²) in [6.07, 6.45) is 2.87. The Morgan fingerprint density at radius 3 is 2.78 bits per heavy atom. The molecule has 1 aliphatic heterocycles. The Bertz CT molecular complexity index is 301. The van der Waals surface area contributed by atoms with Crippen molar-refractivity contribution in [1.29, 1.82) is 0 Å². The van der Waals surface area contributed by atoms with Gasteiger partial charge < -0.3 is 9.47 Å². The van der Waals surface area contributed by atoms with Gasteiger partial charge in [-0.1, -0.05) is 19.1 Å². The van der Waals surface area contributed by atoms with E-state index < -0.39 is 5.60 Å². The topological polar surface area (TPSA) is 35.5 Å². The van der Waals surface area contributed by atoms with Crippen LogP contribution in [-0.4, -0.2) is 24.8 Å². The normalized spacial score (nSPS) is 24.0. The fourth-order valence-electron chi connectivity index (χ4n) is 2.21. The molecule has 2 atom stereocenters. The summed E-state index contributed by atoms with van der Waals surface area (Å²) in [6, 6.07) is 0. The second-order valence-corrected chi connectivity index (χ2v) is 6.23. The Hall–Kier alpha value is -0.830. The average Bonchev–Trinajstić information content (AvgIpc) is 2.19. The molecule has 0 bridgehead atoms. The molecular weight excluding hydrogens is 228 g/mol. The lowest BCUT2D eigenvalue weighted by molar-refractivity contribution is -0.161. The molecule has 104 valence electrons. The zero-order valence-electron chi connectivity index (χ0n) is 12.1. The Balaban J connectivity index is 2.59. The van der Waals surface area contributed by atoms with E-state index in [1.807, 2.05) is 27.7 Å². The highest BCUT2D eigenvalue weighted by Crippen LogP contribution is 2.28. The largest absolute Gasteiger partial charge is 0.460 e. The predicted molar refractivity (Wildman–Crippen MR) is 72.3 cm³/mol. The SMILES string of the molecule is C=C1COCCCC(C(C)C(=O)OC(C)(C)C)C1. The minimum atomic E-state index is -0.410. The van der Waals surface area contributed by atoms with Gasteiger partial charge in [-0.3, -0.25) is 4.79 Å². The van der Waals surface area contributed by atoms with E-state index in [1.54, 1.807) is 0 Å². The number of carbonyl (C=O) groups is 1. The molecule has 0 saturated carbocycles. The molecule has 0 spiro atoms. The third kappa shape index (κ3) is 5.21. The zero-order valence-corrected chi connectivity index (χ0v) is 12.1. The summed E-state index contributed by atoms with van der Waals surface area (Å²) >= 11 is 0. The van der Waals surface area contributed by atoms with Crippen molar-refractivity contribution in [2.45, 2.75) is 52.6 Å². The van der Waals surface area contributed by atoms with Crippen LogP contribution < -0.4 is 0 Å². The lowest BCUT2D eigenvalue weighted by Gasteiger charge is -2.28. The number of rotatable bonds is 2. The molecule has 0 aromatic heterocycles. The van der Waals surface area contributed by atoms with Crippen LogP contribution in [0.2, 0.25) is 0 Å². The summed E-state index contributed by atoms with van der Waals surface area (Å²) < 4.78 is 10.9. The number of hydrogen-bond donors (Lipinski definition) is 0. The molecule has 0 aliphatic carbocycles. The van der Waals surface area contributed by atoms with Crippen molar-refractivity contribution in [2.75, 3.05) is 13.2 Å². The van der Waals surface area contributed by atoms with Crippen molar-refractivity contribution >= 4 is 5.97 Å². The second-order valence-electron chi connectivity index (χ2n) is 6.23. The molecule has 0 radical (unpaired) electrons. The Morgan fingerprint density at radius 2 is 2.17 bits per heavy atom. The fourth-order valence-corrected chi connectivity index (χ4v) is 2.21. The van der Waals surface area contributed by atoms with E-state index in [1.165, 1.54) is 0 Å². The molecule has 18 heavy (non-hydrogen) atoms. The molecule has 2 unspecified atom stereocenters. The van der Waals surface area contributed by atoms with Gasteiger partial charge >= 0.3 is 5.97 Å². The molecule has 1 fully saturated rings. The van der Waals surface area contributed by atoms with Gasteiger partial charge in [-0.15, -0.1) is 0 Å². The van der Waals surface area contributed by atoms with Crippen LogP contribution >= 0.6 is 0 Å². The first-order valence-electron chi connectivity index (χ1n) is 6.77. The third-order valence-electron chi connectivity index (χ3n) is 3.21. The minimum Gasteiger partial charge on any atom is -0.460 e. The summed E-state index contributed by atoms with van der Waals surface area (Å²) in [5.74, 6) is 0.164. The second kappa shape index (κ2) is 6.37. The summed E-state index contributed by atoms with van der Waals surface area (Å²) in [7, 11) is 0. The predicted octanol–water partition coefficient (Wildman–Crippen LogP) is 3.34. The quantitative estimate of drug-likeness (QED) is 0.560. The molecule has 0 aromatic carbocycles. The highest BCUT2D eigenvalue weighted by Gasteiger charge is 2.29. The lowest BCUT2D eigenvalue weighted by atomic mass is 9.84. The van der Waals surface area contributed by atoms with Crippen LogP contribution in [0.5, 0.6) is 0 Å². The van der Waals surface area contributed by atoms with E-state index in [9.17, 15) is 4.79 Å². The van der Waals surface area contributed by atoms with Gasteiger partial charge in [-0.2, -0.15) is 0 Å². The first-order valence-corrected chi connectivity index (χ1v) is 6.77. The van der Waals surface area contributed by atoms with Gasteiger partial charge in [0.05, 0.1) is 12.5 Å². The van der Waals surface area contributed by atoms with Crippen molar-refractivity contribution in [2.24, 2.45) is 11.8 Å². The molecule has 0 aromatic rings. The number of ether oxygens (including phenoxy) is 2. The molecule has 3 nitrogen and oxygen atoms in total. The highest BCUT2D eigenvalue weighted by atomic mass is 16.6. The van der Waals surface area contributed by atoms with Crippen LogP contribution in [0.25, 0.3) is 0 Å². The molecule has 1 heterocycles. The van der Waals surface area contributed by atoms with E-state index in [4.69, 9.17) is 9.47 Å². The van der Waals surface area contributed by atoms with E-state index in [-0.39, 0.29) is 11.9 Å². The Kier molecular flexibility index (Phi) is 5.39. The summed E-state index contributed by atoms with van der Waals surface area (Å²) in [5.41, 5.74) is 0.669. The van der Waals surface area contributed by atoms with Crippen molar-refractivity contribution in [3.8, 4) is 0 Å². The van der Waals surface area contributed by atoms with E-state index >= 15 is 0 Å². The molecule has 1 rings (SSSR count). The number of hydrogen-bond acceptors (Lipinski definition) is 3. The maximum Gasteiger partial charge on any atom is 0.309 e. The molecule has 0 amide bonds. The first kappa shape index (κ1) is 15.2. The highest BCUT2D eigenvalue weighted by molar-refractivity contribution is 5.72. The molecular formula is C15H26O3. The average molecular weight is 254 g/mol. The lowest BCUT2D eigenvalue weighted by Crippen LogP contribution is -2.32. The van der Waals surface area contributed by atoms with Gasteiger partial charge in [-0.05, 0) is 46.0 Å². The Labute approximate surface area is 111 Å². The van der Waals surface area contributed by atoms with Gasteiger partial charge in [-0.25, -0.2) is 0 Å². The fraction of sp³-hybridized carbons (Fsp3) is 0.800. The standard InChI is InChI=1S/C15H26O3/c1-11-9-13(7-6-8-17-10-11)12(2)14(16)18-15(3,4)5/h12-13H,1,6-10H2,2-5H3. The van der Waals surface area contributed by atoms with Gasteiger partial charge in [0.1, 0.15) is 5.60 Å². The Morgan fingerprint density at radius 1 is 1.50 bits per heavy atom. The van der Waals surface area contributed by atoms with Crippen LogP contribution in [0.15, 0.2) is 12.2 Å². The van der Waals surface area contributed by atoms with Crippen molar-refractivity contribution in [3.63, 3.8) is 0 Å². The summed E-state index contributed by atoms with van der Waals surface area (Å²) in [6.45, 7) is 13.1. The minimum absolute atomic E-state index is 0.0703. The first-order chi connectivity index (χ1) is 8.29. The number of carbonyl (C=O) groups excluding carboxylic acids is 1. The summed E-state index contributed by atoms with van der Waals surface area (Å²) in [5, 5.41) is 0. The third-order valence-corrected chi connectivity index (χ3v) is 3.21. The molecule has 0 N–H and O–H groups in total. The van der Waals surface area contributed by atoms with Gasteiger partial charge in [0.25, 0.3) is 0 Å². The zero-order chi connectivity index (χ0) is 13.8. The van der Waals surface area contributed by atoms with Crippen LogP contribution in [0.4, 0.5) is 0 Å². The van der Waals surface area contributed by atoms with Crippen LogP contribution in [0.3, 0.4) is 0 Å². The van der Waals surface area contributed by atoms with Gasteiger partial charge in [0, 0.05) is 6.61 Å². The van der Waals surface area contributed by atoms with E-state index in [0.717, 1.165) is 31.4 Å². The van der Waals surface area contributed by atoms with Crippen molar-refractivity contribution in [3.05, 3.63) is 12.2 Å². The molecule has 1 aliphatic rings. The van der Waals surface area contributed by atoms with E-state index in [0.29, 0.717) is 12.5 Å². The monoisotopic (exact) mass is 254 g/mol. The molecule has 3 heteroatoms. The smallest absolute Gasteiger partial charge is 0.309 e. The maximum atomic E-state index is 12.1. The van der Waals surface area contributed by atoms with Gasteiger partial charge in [0.15, 0.2) is 0 Å². The van der Waals surface area contributed by atoms with Crippen LogP contribution in [0, 0.1) is 11.8 Å². The van der Waals surface area contributed by atoms with Crippen molar-refractivity contribution in [1.82, 2.24) is 0 Å². The van der Waals surface area contributed by atoms with Crippen LogP contribution in [0.1, 0.15) is 47.0 Å². The van der Waals surface area contributed by atoms with E-state index in [2.05, 4.69) is 6.58 Å². The molecule has 1 saturated heterocycles.